The van der Waals surface area contributed by atoms with Crippen molar-refractivity contribution in [3.63, 3.8) is 0 Å². The Morgan fingerprint density at radius 3 is 2.08 bits per heavy atom. The summed E-state index contributed by atoms with van der Waals surface area (Å²) < 4.78 is 27.1. The molecule has 0 spiro atoms. The Balaban J connectivity index is 2.63. The van der Waals surface area contributed by atoms with Gasteiger partial charge >= 0.3 is 5.97 Å². The van der Waals surface area contributed by atoms with Crippen LogP contribution in [0.3, 0.4) is 0 Å². The van der Waals surface area contributed by atoms with E-state index < -0.39 is 12.1 Å². The molecule has 6 heteroatoms. The Morgan fingerprint density at radius 1 is 0.962 bits per heavy atom. The average molecular weight is 360 g/mol. The molecule has 2 rings (SSSR count). The summed E-state index contributed by atoms with van der Waals surface area (Å²) in [6, 6.07) is 11.2. The van der Waals surface area contributed by atoms with E-state index in [0.717, 1.165) is 11.1 Å². The molecular formula is C20H24O6. The topological polar surface area (TPSA) is 63.2 Å². The number of ether oxygens (including phenoxy) is 5. The first-order valence-electron chi connectivity index (χ1n) is 8.09. The smallest absolute Gasteiger partial charge is 0.303 e. The largest absolute Gasteiger partial charge is 0.493 e. The van der Waals surface area contributed by atoms with Crippen molar-refractivity contribution in [3.05, 3.63) is 53.1 Å². The van der Waals surface area contributed by atoms with Gasteiger partial charge in [-0.15, -0.1) is 0 Å². The van der Waals surface area contributed by atoms with Crippen LogP contribution in [0, 0.1) is 0 Å². The standard InChI is InChI=1S/C20H24O6/c1-13(21)26-19(16-9-7-6-8-14(16)12-22-2)15-10-17(23-3)20(25-5)18(11-15)24-4/h6-11,19H,12H2,1-5H3. The van der Waals surface area contributed by atoms with Gasteiger partial charge in [0.1, 0.15) is 0 Å². The minimum absolute atomic E-state index is 0.393. The predicted octanol–water partition coefficient (Wildman–Crippen LogP) is 3.51. The number of carbonyl (C=O) groups is 1. The van der Waals surface area contributed by atoms with Crippen molar-refractivity contribution in [2.24, 2.45) is 0 Å². The zero-order chi connectivity index (χ0) is 19.1. The second kappa shape index (κ2) is 9.10. The summed E-state index contributed by atoms with van der Waals surface area (Å²) in [6.45, 7) is 1.78. The first-order valence-corrected chi connectivity index (χ1v) is 8.09. The summed E-state index contributed by atoms with van der Waals surface area (Å²) in [5.74, 6) is 1.06. The molecule has 2 aromatic carbocycles. The maximum atomic E-state index is 11.8. The third kappa shape index (κ3) is 4.26. The molecule has 0 saturated heterocycles. The Hall–Kier alpha value is -2.73. The molecule has 0 heterocycles. The molecule has 0 bridgehead atoms. The van der Waals surface area contributed by atoms with Gasteiger partial charge in [-0.2, -0.15) is 0 Å². The van der Waals surface area contributed by atoms with E-state index >= 15 is 0 Å². The molecular weight excluding hydrogens is 336 g/mol. The van der Waals surface area contributed by atoms with Crippen LogP contribution in [0.4, 0.5) is 0 Å². The number of rotatable bonds is 8. The van der Waals surface area contributed by atoms with Crippen LogP contribution in [0.15, 0.2) is 36.4 Å². The van der Waals surface area contributed by atoms with Crippen LogP contribution in [-0.4, -0.2) is 34.4 Å². The molecule has 0 amide bonds. The van der Waals surface area contributed by atoms with Crippen molar-refractivity contribution in [2.75, 3.05) is 28.4 Å². The van der Waals surface area contributed by atoms with E-state index in [1.54, 1.807) is 33.5 Å². The predicted molar refractivity (Wildman–Crippen MR) is 96.9 cm³/mol. The van der Waals surface area contributed by atoms with Crippen LogP contribution >= 0.6 is 0 Å². The zero-order valence-electron chi connectivity index (χ0n) is 15.7. The van der Waals surface area contributed by atoms with Gasteiger partial charge in [-0.25, -0.2) is 0 Å². The molecule has 0 aliphatic rings. The van der Waals surface area contributed by atoms with Crippen LogP contribution in [0.25, 0.3) is 0 Å². The maximum absolute atomic E-state index is 11.8. The number of hydrogen-bond donors (Lipinski definition) is 0. The van der Waals surface area contributed by atoms with E-state index in [1.165, 1.54) is 14.0 Å². The molecule has 0 fully saturated rings. The third-order valence-corrected chi connectivity index (χ3v) is 3.91. The quantitative estimate of drug-likeness (QED) is 0.671. The summed E-state index contributed by atoms with van der Waals surface area (Å²) in [7, 11) is 6.25. The van der Waals surface area contributed by atoms with Crippen LogP contribution in [0.5, 0.6) is 17.2 Å². The SMILES string of the molecule is COCc1ccccc1C(OC(C)=O)c1cc(OC)c(OC)c(OC)c1. The molecule has 6 nitrogen and oxygen atoms in total. The van der Waals surface area contributed by atoms with Gasteiger partial charge in [0.2, 0.25) is 5.75 Å². The summed E-state index contributed by atoms with van der Waals surface area (Å²) in [6.07, 6.45) is -0.632. The minimum Gasteiger partial charge on any atom is -0.493 e. The van der Waals surface area contributed by atoms with E-state index in [4.69, 9.17) is 23.7 Å². The Kier molecular flexibility index (Phi) is 6.86. The van der Waals surface area contributed by atoms with Crippen molar-refractivity contribution < 1.29 is 28.5 Å². The molecule has 0 aliphatic heterocycles. The van der Waals surface area contributed by atoms with E-state index in [0.29, 0.717) is 29.4 Å². The Bertz CT molecular complexity index is 731. The van der Waals surface area contributed by atoms with E-state index in [1.807, 2.05) is 24.3 Å². The van der Waals surface area contributed by atoms with Gasteiger partial charge in [0.05, 0.1) is 27.9 Å². The fourth-order valence-electron chi connectivity index (χ4n) is 2.81. The highest BCUT2D eigenvalue weighted by molar-refractivity contribution is 5.67. The van der Waals surface area contributed by atoms with Gasteiger partial charge in [0.25, 0.3) is 0 Å². The number of methoxy groups -OCH3 is 4. The summed E-state index contributed by atoms with van der Waals surface area (Å²) in [4.78, 5) is 11.8. The fourth-order valence-corrected chi connectivity index (χ4v) is 2.81. The lowest BCUT2D eigenvalue weighted by molar-refractivity contribution is -0.144. The molecule has 0 radical (unpaired) electrons. The number of esters is 1. The highest BCUT2D eigenvalue weighted by Crippen LogP contribution is 2.42. The monoisotopic (exact) mass is 360 g/mol. The van der Waals surface area contributed by atoms with Crippen LogP contribution in [-0.2, 0) is 20.9 Å². The van der Waals surface area contributed by atoms with Gasteiger partial charge in [0.15, 0.2) is 17.6 Å². The number of hydrogen-bond acceptors (Lipinski definition) is 6. The van der Waals surface area contributed by atoms with Crippen molar-refractivity contribution in [2.45, 2.75) is 19.6 Å². The van der Waals surface area contributed by atoms with Crippen molar-refractivity contribution >= 4 is 5.97 Å². The molecule has 0 N–H and O–H groups in total. The van der Waals surface area contributed by atoms with Gasteiger partial charge < -0.3 is 23.7 Å². The zero-order valence-corrected chi connectivity index (χ0v) is 15.7. The molecule has 140 valence electrons. The lowest BCUT2D eigenvalue weighted by Gasteiger charge is -2.23. The minimum atomic E-state index is -0.632. The first kappa shape index (κ1) is 19.6. The Labute approximate surface area is 153 Å². The Morgan fingerprint density at radius 2 is 1.58 bits per heavy atom. The number of carbonyl (C=O) groups excluding carboxylic acids is 1. The van der Waals surface area contributed by atoms with E-state index in [9.17, 15) is 4.79 Å². The highest BCUT2D eigenvalue weighted by Gasteiger charge is 2.24. The summed E-state index contributed by atoms with van der Waals surface area (Å²) in [5.41, 5.74) is 2.46. The second-order valence-electron chi connectivity index (χ2n) is 5.58. The second-order valence-corrected chi connectivity index (χ2v) is 5.58. The molecule has 0 aromatic heterocycles. The maximum Gasteiger partial charge on any atom is 0.303 e. The molecule has 26 heavy (non-hydrogen) atoms. The first-order chi connectivity index (χ1) is 12.5. The normalized spacial score (nSPS) is 11.6. The van der Waals surface area contributed by atoms with Gasteiger partial charge in [-0.3, -0.25) is 4.79 Å². The molecule has 0 saturated carbocycles. The lowest BCUT2D eigenvalue weighted by Crippen LogP contribution is -2.13. The van der Waals surface area contributed by atoms with E-state index in [-0.39, 0.29) is 0 Å². The fraction of sp³-hybridized carbons (Fsp3) is 0.350. The van der Waals surface area contributed by atoms with Gasteiger partial charge in [-0.1, -0.05) is 24.3 Å². The third-order valence-electron chi connectivity index (χ3n) is 3.91. The summed E-state index contributed by atoms with van der Waals surface area (Å²) in [5, 5.41) is 0. The van der Waals surface area contributed by atoms with Crippen LogP contribution in [0.1, 0.15) is 29.7 Å². The van der Waals surface area contributed by atoms with Crippen molar-refractivity contribution in [1.82, 2.24) is 0 Å². The lowest BCUT2D eigenvalue weighted by atomic mass is 9.96. The van der Waals surface area contributed by atoms with Crippen LogP contribution in [0.2, 0.25) is 0 Å². The van der Waals surface area contributed by atoms with Crippen molar-refractivity contribution in [1.29, 1.82) is 0 Å². The molecule has 1 atom stereocenters. The molecule has 1 unspecified atom stereocenters. The molecule has 2 aromatic rings. The van der Waals surface area contributed by atoms with Crippen LogP contribution < -0.4 is 14.2 Å². The summed E-state index contributed by atoms with van der Waals surface area (Å²) >= 11 is 0. The average Bonchev–Trinajstić information content (AvgIpc) is 2.65. The molecule has 0 aliphatic carbocycles. The van der Waals surface area contributed by atoms with E-state index in [2.05, 4.69) is 0 Å². The highest BCUT2D eigenvalue weighted by atomic mass is 16.5. The number of benzene rings is 2. The van der Waals surface area contributed by atoms with Gasteiger partial charge in [0, 0.05) is 25.2 Å². The van der Waals surface area contributed by atoms with Gasteiger partial charge in [-0.05, 0) is 17.7 Å². The van der Waals surface area contributed by atoms with Crippen molar-refractivity contribution in [3.8, 4) is 17.2 Å².